The van der Waals surface area contributed by atoms with Crippen molar-refractivity contribution in [3.05, 3.63) is 269 Å². The molecule has 5 heterocycles. The highest BCUT2D eigenvalue weighted by Gasteiger charge is 2.16. The lowest BCUT2D eigenvalue weighted by molar-refractivity contribution is -0.384. The quantitative estimate of drug-likeness (QED) is 0.119. The van der Waals surface area contributed by atoms with Crippen LogP contribution in [0, 0.1) is 97.6 Å². The number of halogens is 1. The van der Waals surface area contributed by atoms with Gasteiger partial charge in [-0.3, -0.25) is 10.1 Å². The van der Waals surface area contributed by atoms with Gasteiger partial charge in [0, 0.05) is 44.4 Å². The lowest BCUT2D eigenvalue weighted by atomic mass is 10.1. The van der Waals surface area contributed by atoms with Crippen LogP contribution < -0.4 is 0 Å². The molecule has 9 nitrogen and oxygen atoms in total. The molecule has 0 aliphatic rings. The van der Waals surface area contributed by atoms with Gasteiger partial charge in [0.15, 0.2) is 0 Å². The van der Waals surface area contributed by atoms with Crippen LogP contribution in [0.4, 0.5) is 5.69 Å². The summed E-state index contributed by atoms with van der Waals surface area (Å²) >= 11 is 12.1. The molecule has 10 aromatic carbocycles. The Morgan fingerprint density at radius 2 is 0.587 bits per heavy atom. The molecule has 5 aromatic heterocycles. The minimum absolute atomic E-state index is 0.0993. The molecule has 0 saturated heterocycles. The van der Waals surface area contributed by atoms with Crippen molar-refractivity contribution in [1.29, 1.82) is 5.26 Å². The van der Waals surface area contributed by atoms with E-state index < -0.39 is 4.92 Å². The highest BCUT2D eigenvalue weighted by atomic mass is 79.9. The molecule has 15 aromatic rings. The Balaban J connectivity index is 0.000000118. The first-order valence-electron chi connectivity index (χ1n) is 29.8. The standard InChI is InChI=1S/C16H12N2S.C16H15NS.C15H12BrNS.C15H12N2O2S.C15H13NS/c1-10-3-4-11(2)15-14(10)18-16(19-15)13-7-5-12(9-17)6-8-13;1-10-4-8-13(9-5-10)16-17-14-11(2)6-7-12(3)15(14)18-16;1-9-3-4-10(2)14-13(9)17-15(18-14)11-5-7-12(16)8-6-11;1-9-3-4-10(2)14-13(9)16-15(20-14)11-5-7-12(8-6-11)17(18)19;1-10-8-9-11(2)14-13(10)16-15(17-14)12-6-4-3-5-7-12/h3-8H,1-2H3;4-9H,1-3H3;3-8H,1-2H3;3-8H,1-2H3;3-9H,1-2H3. The zero-order chi connectivity index (χ0) is 64.9. The summed E-state index contributed by atoms with van der Waals surface area (Å²) in [6, 6.07) is 64.9. The van der Waals surface area contributed by atoms with E-state index in [2.05, 4.69) is 230 Å². The van der Waals surface area contributed by atoms with Crippen molar-refractivity contribution < 1.29 is 4.92 Å². The Kier molecular flexibility index (Phi) is 19.8. The summed E-state index contributed by atoms with van der Waals surface area (Å²) in [5, 5.41) is 24.7. The Hall–Kier alpha value is -8.98. The number of benzene rings is 10. The molecule has 0 atom stereocenters. The summed E-state index contributed by atoms with van der Waals surface area (Å²) in [7, 11) is 0. The number of rotatable bonds is 6. The maximum atomic E-state index is 10.7. The lowest BCUT2D eigenvalue weighted by Crippen LogP contribution is -1.86. The molecular formula is C77H64BrN7O2S5. The number of thiazole rings is 5. The van der Waals surface area contributed by atoms with Gasteiger partial charge in [0.2, 0.25) is 0 Å². The van der Waals surface area contributed by atoms with E-state index in [9.17, 15) is 10.1 Å². The van der Waals surface area contributed by atoms with E-state index in [4.69, 9.17) is 25.2 Å². The maximum Gasteiger partial charge on any atom is 0.269 e. The first kappa shape index (κ1) is 64.5. The number of aromatic nitrogens is 5. The number of hydrogen-bond acceptors (Lipinski definition) is 13. The second kappa shape index (κ2) is 28.3. The van der Waals surface area contributed by atoms with E-state index in [1.165, 1.54) is 108 Å². The second-order valence-electron chi connectivity index (χ2n) is 22.7. The van der Waals surface area contributed by atoms with Gasteiger partial charge in [-0.25, -0.2) is 24.9 Å². The van der Waals surface area contributed by atoms with Gasteiger partial charge in [0.1, 0.15) is 25.0 Å². The number of non-ortho nitro benzene ring substituents is 1. The van der Waals surface area contributed by atoms with Crippen LogP contribution in [0.5, 0.6) is 0 Å². The Bertz CT molecular complexity index is 4890. The topological polar surface area (TPSA) is 131 Å². The van der Waals surface area contributed by atoms with E-state index in [1.54, 1.807) is 68.8 Å². The van der Waals surface area contributed by atoms with Gasteiger partial charge in [-0.2, -0.15) is 5.26 Å². The van der Waals surface area contributed by atoms with E-state index >= 15 is 0 Å². The molecule has 0 aliphatic heterocycles. The molecule has 0 amide bonds. The number of hydrogen-bond donors (Lipinski definition) is 0. The van der Waals surface area contributed by atoms with Crippen LogP contribution in [0.3, 0.4) is 0 Å². The molecule has 0 unspecified atom stereocenters. The summed E-state index contributed by atoms with van der Waals surface area (Å²) in [5.41, 5.74) is 25.7. The first-order chi connectivity index (χ1) is 44.3. The minimum atomic E-state index is -0.392. The SMILES string of the molecule is Cc1ccc(-c2nc3c(C)ccc(C)c3s2)cc1.Cc1ccc(C)c2sc(-c3ccc(Br)cc3)nc12.Cc1ccc(C)c2sc(-c3ccc(C#N)cc3)nc12.Cc1ccc(C)c2sc(-c3ccc([N+](=O)[O-])cc3)nc12.Cc1ccc(C)c2sc(-c3ccccc3)nc12. The number of fused-ring (bicyclic) bond motifs is 5. The predicted octanol–water partition coefficient (Wildman–Crippen LogP) is 23.8. The molecule has 0 saturated carbocycles. The van der Waals surface area contributed by atoms with E-state index in [-0.39, 0.29) is 5.69 Å². The smallest absolute Gasteiger partial charge is 0.258 e. The average Bonchev–Trinajstić information content (AvgIpc) is 1.78. The summed E-state index contributed by atoms with van der Waals surface area (Å²) < 4.78 is 7.44. The molecule has 92 heavy (non-hydrogen) atoms. The van der Waals surface area contributed by atoms with Crippen LogP contribution in [0.25, 0.3) is 104 Å². The van der Waals surface area contributed by atoms with Gasteiger partial charge < -0.3 is 0 Å². The number of nitro groups is 1. The van der Waals surface area contributed by atoms with Crippen molar-refractivity contribution in [3.63, 3.8) is 0 Å². The molecule has 0 radical (unpaired) electrons. The van der Waals surface area contributed by atoms with Crippen LogP contribution in [0.15, 0.2) is 193 Å². The van der Waals surface area contributed by atoms with E-state index in [0.717, 1.165) is 73.8 Å². The Morgan fingerprint density at radius 1 is 0.337 bits per heavy atom. The fourth-order valence-corrected chi connectivity index (χ4v) is 16.0. The van der Waals surface area contributed by atoms with E-state index in [0.29, 0.717) is 5.56 Å². The van der Waals surface area contributed by atoms with Crippen LogP contribution in [0.2, 0.25) is 0 Å². The molecular weight excluding hydrogens is 1300 g/mol. The predicted molar refractivity (Wildman–Crippen MR) is 396 cm³/mol. The first-order valence-corrected chi connectivity index (χ1v) is 34.7. The van der Waals surface area contributed by atoms with Crippen LogP contribution in [-0.4, -0.2) is 29.8 Å². The van der Waals surface area contributed by atoms with Crippen molar-refractivity contribution >= 4 is 129 Å². The number of nitriles is 1. The van der Waals surface area contributed by atoms with Gasteiger partial charge in [0.05, 0.1) is 67.6 Å². The van der Waals surface area contributed by atoms with Gasteiger partial charge in [-0.15, -0.1) is 56.7 Å². The zero-order valence-electron chi connectivity index (χ0n) is 52.8. The van der Waals surface area contributed by atoms with Crippen molar-refractivity contribution in [2.45, 2.75) is 76.2 Å². The highest BCUT2D eigenvalue weighted by molar-refractivity contribution is 9.10. The second-order valence-corrected chi connectivity index (χ2v) is 28.6. The van der Waals surface area contributed by atoms with Gasteiger partial charge >= 0.3 is 0 Å². The van der Waals surface area contributed by atoms with Crippen LogP contribution >= 0.6 is 72.6 Å². The zero-order valence-corrected chi connectivity index (χ0v) is 58.4. The highest BCUT2D eigenvalue weighted by Crippen LogP contribution is 2.39. The van der Waals surface area contributed by atoms with Crippen LogP contribution in [0.1, 0.15) is 66.8 Å². The number of nitrogens with zero attached hydrogens (tertiary/aromatic N) is 7. The van der Waals surface area contributed by atoms with Crippen molar-refractivity contribution in [1.82, 2.24) is 24.9 Å². The molecule has 456 valence electrons. The average molecular weight is 1360 g/mol. The Labute approximate surface area is 564 Å². The van der Waals surface area contributed by atoms with Crippen molar-refractivity contribution in [2.24, 2.45) is 0 Å². The van der Waals surface area contributed by atoms with Gasteiger partial charge in [-0.1, -0.05) is 161 Å². The Morgan fingerprint density at radius 3 is 0.859 bits per heavy atom. The molecule has 0 spiro atoms. The van der Waals surface area contributed by atoms with Crippen molar-refractivity contribution in [2.75, 3.05) is 0 Å². The largest absolute Gasteiger partial charge is 0.269 e. The van der Waals surface area contributed by atoms with E-state index in [1.807, 2.05) is 37.3 Å². The third-order valence-electron chi connectivity index (χ3n) is 15.7. The van der Waals surface area contributed by atoms with Gasteiger partial charge in [-0.05, 0) is 168 Å². The summed E-state index contributed by atoms with van der Waals surface area (Å²) in [4.78, 5) is 34.0. The third-order valence-corrected chi connectivity index (χ3v) is 22.4. The maximum absolute atomic E-state index is 10.7. The summed E-state index contributed by atoms with van der Waals surface area (Å²) in [5.74, 6) is 0. The normalized spacial score (nSPS) is 10.9. The fraction of sp³-hybridized carbons (Fsp3) is 0.143. The minimum Gasteiger partial charge on any atom is -0.258 e. The summed E-state index contributed by atoms with van der Waals surface area (Å²) in [6.07, 6.45) is 0. The lowest BCUT2D eigenvalue weighted by Gasteiger charge is -1.96. The summed E-state index contributed by atoms with van der Waals surface area (Å²) in [6.45, 7) is 23.2. The monoisotopic (exact) mass is 1360 g/mol. The van der Waals surface area contributed by atoms with Crippen LogP contribution in [-0.2, 0) is 0 Å². The third kappa shape index (κ3) is 14.4. The number of aryl methyl sites for hydroxylation is 11. The van der Waals surface area contributed by atoms with Crippen molar-refractivity contribution in [3.8, 4) is 58.9 Å². The van der Waals surface area contributed by atoms with Gasteiger partial charge in [0.25, 0.3) is 5.69 Å². The molecule has 0 bridgehead atoms. The molecule has 0 fully saturated rings. The molecule has 15 heteroatoms. The number of nitro benzene ring substituents is 1. The molecule has 0 aliphatic carbocycles. The molecule has 0 N–H and O–H groups in total. The molecule has 15 rings (SSSR count). The fourth-order valence-electron chi connectivity index (χ4n) is 10.2.